The molecule has 0 aliphatic heterocycles. The van der Waals surface area contributed by atoms with E-state index in [2.05, 4.69) is 31.2 Å². The van der Waals surface area contributed by atoms with Crippen molar-refractivity contribution in [3.8, 4) is 5.75 Å². The fourth-order valence-electron chi connectivity index (χ4n) is 4.90. The number of carboxylic acid groups (broad SMARTS) is 2. The standard InChI is InChI=1S/C34H37NO5/c1-2-3-4-7-25-11-13-27(14-12-25)24-40-30-19-16-26(17-20-30)15-18-28-8-5-9-31-34(28)29(22-33(38)39)23-35(31)21-6-10-32(36)37/h5,8-9,11-20,23H,2-4,6-7,10,21-22,24H2,1H3,(H,36,37)(H,38,39)/b18-15+. The minimum Gasteiger partial charge on any atom is -0.489 e. The number of unbranched alkanes of at least 4 members (excludes halogenated alkanes) is 2. The highest BCUT2D eigenvalue weighted by atomic mass is 16.5. The summed E-state index contributed by atoms with van der Waals surface area (Å²) in [6.45, 7) is 3.25. The third kappa shape index (κ3) is 8.09. The quantitative estimate of drug-likeness (QED) is 0.120. The number of hydrogen-bond acceptors (Lipinski definition) is 3. The Labute approximate surface area is 235 Å². The minimum absolute atomic E-state index is 0.0681. The average molecular weight is 540 g/mol. The summed E-state index contributed by atoms with van der Waals surface area (Å²) in [5, 5.41) is 19.3. The van der Waals surface area contributed by atoms with Gasteiger partial charge in [-0.1, -0.05) is 80.4 Å². The van der Waals surface area contributed by atoms with Crippen LogP contribution in [0.25, 0.3) is 23.1 Å². The monoisotopic (exact) mass is 539 g/mol. The summed E-state index contributed by atoms with van der Waals surface area (Å²) in [5.74, 6) is -0.940. The van der Waals surface area contributed by atoms with Gasteiger partial charge in [0.2, 0.25) is 0 Å². The van der Waals surface area contributed by atoms with Gasteiger partial charge in [0.1, 0.15) is 12.4 Å². The average Bonchev–Trinajstić information content (AvgIpc) is 3.29. The van der Waals surface area contributed by atoms with E-state index in [1.807, 2.05) is 65.4 Å². The third-order valence-corrected chi connectivity index (χ3v) is 6.98. The maximum Gasteiger partial charge on any atom is 0.307 e. The van der Waals surface area contributed by atoms with Crippen molar-refractivity contribution in [1.82, 2.24) is 4.57 Å². The molecule has 0 aliphatic rings. The van der Waals surface area contributed by atoms with Crippen LogP contribution in [0.5, 0.6) is 5.75 Å². The van der Waals surface area contributed by atoms with E-state index >= 15 is 0 Å². The molecule has 6 nitrogen and oxygen atoms in total. The number of aliphatic carboxylic acids is 2. The first-order chi connectivity index (χ1) is 19.4. The van der Waals surface area contributed by atoms with Crippen molar-refractivity contribution < 1.29 is 24.5 Å². The van der Waals surface area contributed by atoms with Crippen LogP contribution in [0.4, 0.5) is 0 Å². The molecule has 6 heteroatoms. The lowest BCUT2D eigenvalue weighted by Crippen LogP contribution is -2.01. The second kappa shape index (κ2) is 14.2. The molecule has 0 spiro atoms. The molecule has 0 amide bonds. The van der Waals surface area contributed by atoms with Crippen molar-refractivity contribution in [1.29, 1.82) is 0 Å². The molecule has 3 aromatic carbocycles. The van der Waals surface area contributed by atoms with Gasteiger partial charge in [0, 0.05) is 30.1 Å². The number of carbonyl (C=O) groups is 2. The molecular weight excluding hydrogens is 502 g/mol. The minimum atomic E-state index is -0.901. The lowest BCUT2D eigenvalue weighted by Gasteiger charge is -2.08. The SMILES string of the molecule is CCCCCc1ccc(COc2ccc(/C=C/c3cccc4c3c(CC(=O)O)cn4CCCC(=O)O)cc2)cc1. The molecule has 1 heterocycles. The zero-order valence-electron chi connectivity index (χ0n) is 23.0. The summed E-state index contributed by atoms with van der Waals surface area (Å²) in [7, 11) is 0. The Morgan fingerprint density at radius 3 is 2.30 bits per heavy atom. The first kappa shape index (κ1) is 28.7. The van der Waals surface area contributed by atoms with Crippen LogP contribution in [0.15, 0.2) is 72.9 Å². The molecule has 0 bridgehead atoms. The highest BCUT2D eigenvalue weighted by Gasteiger charge is 2.14. The van der Waals surface area contributed by atoms with Crippen LogP contribution in [0, 0.1) is 0 Å². The van der Waals surface area contributed by atoms with E-state index in [9.17, 15) is 14.7 Å². The zero-order valence-corrected chi connectivity index (χ0v) is 23.0. The number of ether oxygens (including phenoxy) is 1. The Kier molecular flexibility index (Phi) is 10.2. The molecular formula is C34H37NO5. The number of aryl methyl sites for hydroxylation is 2. The van der Waals surface area contributed by atoms with Gasteiger partial charge in [-0.2, -0.15) is 0 Å². The van der Waals surface area contributed by atoms with Gasteiger partial charge in [0.15, 0.2) is 0 Å². The van der Waals surface area contributed by atoms with Crippen LogP contribution >= 0.6 is 0 Å². The van der Waals surface area contributed by atoms with E-state index in [-0.39, 0.29) is 12.8 Å². The van der Waals surface area contributed by atoms with Crippen molar-refractivity contribution in [2.75, 3.05) is 0 Å². The molecule has 0 unspecified atom stereocenters. The molecule has 0 saturated heterocycles. The summed E-state index contributed by atoms with van der Waals surface area (Å²) in [6.07, 6.45) is 11.1. The first-order valence-electron chi connectivity index (χ1n) is 14.0. The van der Waals surface area contributed by atoms with Crippen molar-refractivity contribution in [2.24, 2.45) is 0 Å². The Balaban J connectivity index is 1.43. The summed E-state index contributed by atoms with van der Waals surface area (Å²) < 4.78 is 7.95. The molecule has 0 saturated carbocycles. The number of fused-ring (bicyclic) bond motifs is 1. The van der Waals surface area contributed by atoms with Crippen molar-refractivity contribution >= 4 is 35.0 Å². The van der Waals surface area contributed by atoms with E-state index in [1.165, 1.54) is 24.8 Å². The molecule has 0 aliphatic carbocycles. The Hall–Kier alpha value is -4.32. The molecule has 1 aromatic heterocycles. The lowest BCUT2D eigenvalue weighted by atomic mass is 10.0. The smallest absolute Gasteiger partial charge is 0.307 e. The molecule has 2 N–H and O–H groups in total. The highest BCUT2D eigenvalue weighted by molar-refractivity contribution is 5.96. The normalized spacial score (nSPS) is 11.3. The van der Waals surface area contributed by atoms with Crippen molar-refractivity contribution in [3.05, 3.63) is 101 Å². The first-order valence-corrected chi connectivity index (χ1v) is 14.0. The topological polar surface area (TPSA) is 88.8 Å². The third-order valence-electron chi connectivity index (χ3n) is 6.98. The zero-order chi connectivity index (χ0) is 28.3. The Morgan fingerprint density at radius 1 is 0.850 bits per heavy atom. The van der Waals surface area contributed by atoms with Crippen molar-refractivity contribution in [3.63, 3.8) is 0 Å². The highest BCUT2D eigenvalue weighted by Crippen LogP contribution is 2.28. The van der Waals surface area contributed by atoms with E-state index in [0.29, 0.717) is 19.6 Å². The van der Waals surface area contributed by atoms with E-state index in [1.54, 1.807) is 0 Å². The number of rotatable bonds is 15. The number of benzene rings is 3. The van der Waals surface area contributed by atoms with E-state index in [4.69, 9.17) is 9.84 Å². The summed E-state index contributed by atoms with van der Waals surface area (Å²) in [5.41, 5.74) is 6.06. The molecule has 0 atom stereocenters. The van der Waals surface area contributed by atoms with Crippen molar-refractivity contribution in [2.45, 2.75) is 65.0 Å². The number of carboxylic acids is 2. The Morgan fingerprint density at radius 2 is 1.60 bits per heavy atom. The fourth-order valence-corrected chi connectivity index (χ4v) is 4.90. The maximum absolute atomic E-state index is 11.5. The molecule has 4 aromatic rings. The summed E-state index contributed by atoms with van der Waals surface area (Å²) >= 11 is 0. The van der Waals surface area contributed by atoms with Gasteiger partial charge in [-0.05, 0) is 65.3 Å². The largest absolute Gasteiger partial charge is 0.489 e. The van der Waals surface area contributed by atoms with Crippen LogP contribution in [0.3, 0.4) is 0 Å². The van der Waals surface area contributed by atoms with Gasteiger partial charge in [-0.3, -0.25) is 9.59 Å². The van der Waals surface area contributed by atoms with Crippen LogP contribution < -0.4 is 4.74 Å². The van der Waals surface area contributed by atoms with Gasteiger partial charge in [-0.15, -0.1) is 0 Å². The van der Waals surface area contributed by atoms with E-state index < -0.39 is 11.9 Å². The van der Waals surface area contributed by atoms with Crippen LogP contribution in [0.1, 0.15) is 66.8 Å². The molecule has 0 radical (unpaired) electrons. The van der Waals surface area contributed by atoms with Crippen LogP contribution in [-0.4, -0.2) is 26.7 Å². The molecule has 0 fully saturated rings. The second-order valence-corrected chi connectivity index (χ2v) is 10.1. The summed E-state index contributed by atoms with van der Waals surface area (Å²) in [4.78, 5) is 22.5. The molecule has 208 valence electrons. The molecule has 40 heavy (non-hydrogen) atoms. The predicted octanol–water partition coefficient (Wildman–Crippen LogP) is 7.62. The Bertz CT molecular complexity index is 1450. The predicted molar refractivity (Wildman–Crippen MR) is 160 cm³/mol. The summed E-state index contributed by atoms with van der Waals surface area (Å²) in [6, 6.07) is 22.4. The second-order valence-electron chi connectivity index (χ2n) is 10.1. The van der Waals surface area contributed by atoms with Gasteiger partial charge in [0.25, 0.3) is 0 Å². The number of hydrogen-bond donors (Lipinski definition) is 2. The van der Waals surface area contributed by atoms with Gasteiger partial charge in [-0.25, -0.2) is 0 Å². The van der Waals surface area contributed by atoms with Gasteiger partial charge < -0.3 is 19.5 Å². The lowest BCUT2D eigenvalue weighted by molar-refractivity contribution is -0.137. The maximum atomic E-state index is 11.5. The fraction of sp³-hybridized carbons (Fsp3) is 0.294. The van der Waals surface area contributed by atoms with Crippen LogP contribution in [-0.2, 0) is 35.6 Å². The van der Waals surface area contributed by atoms with E-state index in [0.717, 1.165) is 45.3 Å². The number of nitrogens with zero attached hydrogens (tertiary/aromatic N) is 1. The number of aromatic nitrogens is 1. The van der Waals surface area contributed by atoms with Gasteiger partial charge in [0.05, 0.1) is 6.42 Å². The van der Waals surface area contributed by atoms with Crippen LogP contribution in [0.2, 0.25) is 0 Å². The molecule has 4 rings (SSSR count). The van der Waals surface area contributed by atoms with Gasteiger partial charge >= 0.3 is 11.9 Å².